The van der Waals surface area contributed by atoms with Gasteiger partial charge in [0.2, 0.25) is 0 Å². The minimum atomic E-state index is -1.75. The Morgan fingerprint density at radius 3 is 1.29 bits per heavy atom. The normalized spacial score (nSPS) is 3.43. The van der Waals surface area contributed by atoms with Gasteiger partial charge in [-0.1, -0.05) is 0 Å². The maximum absolute atomic E-state index is 8.25. The van der Waals surface area contributed by atoms with Gasteiger partial charge in [-0.25, -0.2) is 0 Å². The van der Waals surface area contributed by atoms with Crippen LogP contribution < -0.4 is 18.6 Å². The molecule has 5 nitrogen and oxygen atoms in total. The van der Waals surface area contributed by atoms with E-state index in [-0.39, 0.29) is 48.1 Å². The summed E-state index contributed by atoms with van der Waals surface area (Å²) in [5.41, 5.74) is 0. The molecule has 0 saturated heterocycles. The fraction of sp³-hybridized carbons (Fsp3) is 0. The molecule has 0 aliphatic heterocycles. The van der Waals surface area contributed by atoms with Crippen LogP contribution in [0.3, 0.4) is 0 Å². The van der Waals surface area contributed by atoms with E-state index in [1.54, 1.807) is 0 Å². The van der Waals surface area contributed by atoms with Crippen LogP contribution in [0.5, 0.6) is 0 Å². The Morgan fingerprint density at radius 2 is 1.29 bits per heavy atom. The van der Waals surface area contributed by atoms with E-state index in [1.165, 1.54) is 0 Å². The average molecular weight is 138 g/mol. The Hall–Kier alpha value is 0.450. The average Bonchev–Trinajstić information content (AvgIpc) is 0.811. The maximum atomic E-state index is 8.25. The molecule has 7 heavy (non-hydrogen) atoms. The van der Waals surface area contributed by atoms with Crippen LogP contribution in [0.15, 0.2) is 0 Å². The van der Waals surface area contributed by atoms with Gasteiger partial charge in [0, 0.05) is 29.6 Å². The van der Waals surface area contributed by atoms with Crippen molar-refractivity contribution in [2.24, 2.45) is 0 Å². The molecule has 0 fully saturated rings. The SMILES string of the molecule is O=[N+]([O-])[O-].[Cl-].[NH4+].[Na]. The number of hydrogen-bond acceptors (Lipinski definition) is 3. The van der Waals surface area contributed by atoms with Crippen LogP contribution >= 0.6 is 0 Å². The predicted octanol–water partition coefficient (Wildman–Crippen LogP) is -3.24. The van der Waals surface area contributed by atoms with E-state index in [0.29, 0.717) is 0 Å². The number of hydrogen-bond donors (Lipinski definition) is 1. The topological polar surface area (TPSA) is 103 Å². The first-order valence-electron chi connectivity index (χ1n) is 0.548. The second-order valence-corrected chi connectivity index (χ2v) is 0.224. The minimum absolute atomic E-state index is 0. The van der Waals surface area contributed by atoms with Crippen molar-refractivity contribution in [3.05, 3.63) is 15.3 Å². The Labute approximate surface area is 68.5 Å². The van der Waals surface area contributed by atoms with E-state index in [9.17, 15) is 0 Å². The van der Waals surface area contributed by atoms with Gasteiger partial charge in [0.15, 0.2) is 0 Å². The summed E-state index contributed by atoms with van der Waals surface area (Å²) in [6.07, 6.45) is 0. The monoisotopic (exact) mass is 138 g/mol. The van der Waals surface area contributed by atoms with Crippen molar-refractivity contribution in [1.29, 1.82) is 0 Å². The Morgan fingerprint density at radius 1 is 1.29 bits per heavy atom. The van der Waals surface area contributed by atoms with E-state index in [4.69, 9.17) is 15.3 Å². The molecule has 0 aromatic heterocycles. The fourth-order valence-electron chi connectivity index (χ4n) is 0. The fourth-order valence-corrected chi connectivity index (χ4v) is 0. The third kappa shape index (κ3) is 631. The van der Waals surface area contributed by atoms with E-state index >= 15 is 0 Å². The third-order valence-electron chi connectivity index (χ3n) is 0. The predicted molar refractivity (Wildman–Crippen MR) is 22.1 cm³/mol. The van der Waals surface area contributed by atoms with Crippen molar-refractivity contribution < 1.29 is 17.5 Å². The van der Waals surface area contributed by atoms with Crippen molar-refractivity contribution in [2.45, 2.75) is 0 Å². The zero-order valence-corrected chi connectivity index (χ0v) is 6.81. The summed E-state index contributed by atoms with van der Waals surface area (Å²) >= 11 is 0. The zero-order valence-electron chi connectivity index (χ0n) is 4.05. The summed E-state index contributed by atoms with van der Waals surface area (Å²) in [5.74, 6) is 0. The minimum Gasteiger partial charge on any atom is -1.00 e. The van der Waals surface area contributed by atoms with Crippen LogP contribution in [0, 0.1) is 15.3 Å². The maximum Gasteiger partial charge on any atom is 0.0689 e. The van der Waals surface area contributed by atoms with Gasteiger partial charge in [0.25, 0.3) is 0 Å². The van der Waals surface area contributed by atoms with E-state index in [1.807, 2.05) is 0 Å². The molecule has 7 heteroatoms. The second-order valence-electron chi connectivity index (χ2n) is 0.224. The number of quaternary nitrogens is 1. The van der Waals surface area contributed by atoms with Crippen LogP contribution in [0.25, 0.3) is 0 Å². The van der Waals surface area contributed by atoms with Gasteiger partial charge >= 0.3 is 0 Å². The van der Waals surface area contributed by atoms with E-state index < -0.39 is 5.09 Å². The molecule has 0 aliphatic rings. The van der Waals surface area contributed by atoms with Crippen molar-refractivity contribution in [3.63, 3.8) is 0 Å². The van der Waals surface area contributed by atoms with Gasteiger partial charge in [-0.05, 0) is 0 Å². The van der Waals surface area contributed by atoms with Crippen molar-refractivity contribution in [2.75, 3.05) is 0 Å². The summed E-state index contributed by atoms with van der Waals surface area (Å²) in [5, 5.41) is 14.8. The Balaban J connectivity index is -0.0000000150. The largest absolute Gasteiger partial charge is 1.00 e. The van der Waals surface area contributed by atoms with Crippen molar-refractivity contribution in [1.82, 2.24) is 6.15 Å². The van der Waals surface area contributed by atoms with Crippen LogP contribution in [0.2, 0.25) is 0 Å². The molecule has 41 valence electrons. The van der Waals surface area contributed by atoms with Gasteiger partial charge < -0.3 is 33.9 Å². The molecule has 0 atom stereocenters. The molecular formula is H4ClN2NaO3-. The third-order valence-corrected chi connectivity index (χ3v) is 0. The van der Waals surface area contributed by atoms with Gasteiger partial charge in [0.1, 0.15) is 0 Å². The number of nitrogens with zero attached hydrogens (tertiary/aromatic N) is 1. The molecule has 0 aromatic rings. The molecule has 0 rings (SSSR count). The van der Waals surface area contributed by atoms with Crippen LogP contribution in [-0.4, -0.2) is 34.6 Å². The standard InChI is InChI=1S/ClH.NO3.H3N.Na/c;2-1(3)4;;/h1H;;1H3;/q;-1;;. The first-order valence-corrected chi connectivity index (χ1v) is 0.548. The second kappa shape index (κ2) is 16.1. The number of halogens is 1. The summed E-state index contributed by atoms with van der Waals surface area (Å²) in [6.45, 7) is 0. The molecule has 0 heterocycles. The Bertz CT molecular complexity index is 35.9. The molecule has 0 amide bonds. The first kappa shape index (κ1) is 26.0. The Kier molecular flexibility index (Phi) is 59.9. The summed E-state index contributed by atoms with van der Waals surface area (Å²) in [7, 11) is 0. The molecular weight excluding hydrogens is 134 g/mol. The molecule has 0 unspecified atom stereocenters. The molecule has 1 radical (unpaired) electrons. The molecule has 0 spiro atoms. The van der Waals surface area contributed by atoms with E-state index in [2.05, 4.69) is 0 Å². The molecule has 0 aliphatic carbocycles. The van der Waals surface area contributed by atoms with Gasteiger partial charge in [-0.15, -0.1) is 0 Å². The quantitative estimate of drug-likeness (QED) is 0.216. The van der Waals surface area contributed by atoms with E-state index in [0.717, 1.165) is 0 Å². The van der Waals surface area contributed by atoms with Gasteiger partial charge in [-0.3, -0.25) is 0 Å². The van der Waals surface area contributed by atoms with Gasteiger partial charge in [0.05, 0.1) is 5.09 Å². The van der Waals surface area contributed by atoms with Crippen LogP contribution in [0.4, 0.5) is 0 Å². The molecule has 0 aromatic carbocycles. The smallest absolute Gasteiger partial charge is 0.0689 e. The number of rotatable bonds is 0. The first-order chi connectivity index (χ1) is 1.73. The summed E-state index contributed by atoms with van der Waals surface area (Å²) in [6, 6.07) is 0. The summed E-state index contributed by atoms with van der Waals surface area (Å²) < 4.78 is 0. The molecule has 4 N–H and O–H groups in total. The molecule has 0 saturated carbocycles. The zero-order chi connectivity index (χ0) is 3.58. The molecule has 0 bridgehead atoms. The van der Waals surface area contributed by atoms with Crippen molar-refractivity contribution >= 4 is 29.6 Å². The van der Waals surface area contributed by atoms with Crippen LogP contribution in [0.1, 0.15) is 0 Å². The van der Waals surface area contributed by atoms with Gasteiger partial charge in [-0.2, -0.15) is 0 Å². The van der Waals surface area contributed by atoms with Crippen molar-refractivity contribution in [3.8, 4) is 0 Å². The van der Waals surface area contributed by atoms with Crippen LogP contribution in [-0.2, 0) is 0 Å². The summed E-state index contributed by atoms with van der Waals surface area (Å²) in [4.78, 5) is 8.25.